The van der Waals surface area contributed by atoms with E-state index in [4.69, 9.17) is 18.9 Å². The fourth-order valence-corrected chi connectivity index (χ4v) is 2.46. The molecule has 2 fully saturated rings. The van der Waals surface area contributed by atoms with Gasteiger partial charge in [-0.3, -0.25) is 0 Å². The van der Waals surface area contributed by atoms with Gasteiger partial charge in [0.15, 0.2) is 12.1 Å². The van der Waals surface area contributed by atoms with Crippen molar-refractivity contribution >= 4 is 6.09 Å². The maximum Gasteiger partial charge on any atom is 0.408 e. The predicted molar refractivity (Wildman–Crippen MR) is 74.9 cm³/mol. The van der Waals surface area contributed by atoms with Crippen LogP contribution < -0.4 is 5.32 Å². The van der Waals surface area contributed by atoms with Crippen molar-refractivity contribution in [3.05, 3.63) is 0 Å². The van der Waals surface area contributed by atoms with Crippen molar-refractivity contribution in [2.24, 2.45) is 0 Å². The highest BCUT2D eigenvalue weighted by Crippen LogP contribution is 2.31. The van der Waals surface area contributed by atoms with E-state index in [0.717, 1.165) is 0 Å². The highest BCUT2D eigenvalue weighted by Gasteiger charge is 2.51. The monoisotopic (exact) mass is 319 g/mol. The first-order valence-electron chi connectivity index (χ1n) is 7.31. The second-order valence-electron chi connectivity index (χ2n) is 7.02. The summed E-state index contributed by atoms with van der Waals surface area (Å²) in [6, 6.07) is -1.05. The maximum absolute atomic E-state index is 11.8. The van der Waals surface area contributed by atoms with Crippen molar-refractivity contribution in [3.63, 3.8) is 0 Å². The minimum absolute atomic E-state index is 0.185. The van der Waals surface area contributed by atoms with Gasteiger partial charge in [-0.25, -0.2) is 4.79 Å². The summed E-state index contributed by atoms with van der Waals surface area (Å²) in [5.74, 6) is -0.871. The van der Waals surface area contributed by atoms with E-state index >= 15 is 0 Å². The summed E-state index contributed by atoms with van der Waals surface area (Å²) in [5.41, 5.74) is -0.685. The van der Waals surface area contributed by atoms with Gasteiger partial charge in [0.05, 0.1) is 6.61 Å². The van der Waals surface area contributed by atoms with Gasteiger partial charge in [0.2, 0.25) is 0 Å². The number of nitrogens with one attached hydrogen (secondary N) is 1. The number of carbonyl (C=O) groups is 1. The van der Waals surface area contributed by atoms with Crippen LogP contribution in [0.15, 0.2) is 0 Å². The number of alkyl carbamates (subject to hydrolysis) is 1. The second-order valence-corrected chi connectivity index (χ2v) is 7.02. The second kappa shape index (κ2) is 5.93. The fraction of sp³-hybridized carbons (Fsp3) is 0.929. The molecule has 8 nitrogen and oxygen atoms in total. The van der Waals surface area contributed by atoms with E-state index in [9.17, 15) is 15.0 Å². The van der Waals surface area contributed by atoms with Crippen molar-refractivity contribution in [1.82, 2.24) is 5.32 Å². The fourth-order valence-electron chi connectivity index (χ4n) is 2.46. The molecule has 2 rings (SSSR count). The minimum atomic E-state index is -1.38. The van der Waals surface area contributed by atoms with Crippen LogP contribution in [0.1, 0.15) is 34.6 Å². The number of carbonyl (C=O) groups excluding carboxylic acids is 1. The van der Waals surface area contributed by atoms with Crippen LogP contribution in [0.2, 0.25) is 0 Å². The molecule has 2 aliphatic rings. The van der Waals surface area contributed by atoms with Crippen LogP contribution >= 0.6 is 0 Å². The van der Waals surface area contributed by atoms with E-state index in [0.29, 0.717) is 0 Å². The highest BCUT2D eigenvalue weighted by atomic mass is 16.7. The zero-order valence-electron chi connectivity index (χ0n) is 13.5. The first kappa shape index (κ1) is 17.4. The van der Waals surface area contributed by atoms with Crippen molar-refractivity contribution in [2.75, 3.05) is 6.61 Å². The van der Waals surface area contributed by atoms with Gasteiger partial charge in [-0.1, -0.05) is 0 Å². The Hall–Kier alpha value is -0.930. The number of fused-ring (bicyclic) bond motifs is 1. The molecule has 0 spiro atoms. The Kier molecular flexibility index (Phi) is 4.70. The van der Waals surface area contributed by atoms with Crippen molar-refractivity contribution < 1.29 is 34.0 Å². The first-order chi connectivity index (χ1) is 9.98. The Morgan fingerprint density at radius 3 is 2.55 bits per heavy atom. The predicted octanol–water partition coefficient (Wildman–Crippen LogP) is 0.109. The Morgan fingerprint density at radius 1 is 1.32 bits per heavy atom. The van der Waals surface area contributed by atoms with E-state index in [1.165, 1.54) is 0 Å². The molecule has 2 saturated heterocycles. The third kappa shape index (κ3) is 4.08. The smallest absolute Gasteiger partial charge is 0.408 e. The molecule has 1 amide bonds. The molecule has 0 aliphatic carbocycles. The van der Waals surface area contributed by atoms with E-state index < -0.39 is 48.1 Å². The van der Waals surface area contributed by atoms with E-state index in [2.05, 4.69) is 5.32 Å². The molecule has 22 heavy (non-hydrogen) atoms. The van der Waals surface area contributed by atoms with Crippen LogP contribution in [-0.2, 0) is 18.9 Å². The summed E-state index contributed by atoms with van der Waals surface area (Å²) in [5, 5.41) is 22.8. The van der Waals surface area contributed by atoms with Crippen LogP contribution in [0.25, 0.3) is 0 Å². The Bertz CT molecular complexity index is 420. The zero-order chi connectivity index (χ0) is 16.7. The van der Waals surface area contributed by atoms with Gasteiger partial charge in [-0.15, -0.1) is 0 Å². The number of aliphatic hydroxyl groups excluding tert-OH is 2. The molecule has 0 saturated carbocycles. The van der Waals surface area contributed by atoms with Crippen LogP contribution in [0, 0.1) is 0 Å². The topological polar surface area (TPSA) is 106 Å². The van der Waals surface area contributed by atoms with Gasteiger partial charge >= 0.3 is 6.09 Å². The summed E-state index contributed by atoms with van der Waals surface area (Å²) in [6.45, 7) is 8.78. The third-order valence-electron chi connectivity index (χ3n) is 3.39. The zero-order valence-corrected chi connectivity index (χ0v) is 13.5. The lowest BCUT2D eigenvalue weighted by Crippen LogP contribution is -2.68. The number of amides is 1. The van der Waals surface area contributed by atoms with Gasteiger partial charge in [-0.2, -0.15) is 0 Å². The van der Waals surface area contributed by atoms with Crippen molar-refractivity contribution in [3.8, 4) is 0 Å². The van der Waals surface area contributed by atoms with Gasteiger partial charge in [-0.05, 0) is 34.6 Å². The number of hydrogen-bond acceptors (Lipinski definition) is 7. The molecule has 0 bridgehead atoms. The normalized spacial score (nSPS) is 38.0. The van der Waals surface area contributed by atoms with Crippen LogP contribution in [0.5, 0.6) is 0 Å². The molecular weight excluding hydrogens is 294 g/mol. The van der Waals surface area contributed by atoms with E-state index in [1.807, 2.05) is 0 Å². The summed E-state index contributed by atoms with van der Waals surface area (Å²) < 4.78 is 21.6. The van der Waals surface area contributed by atoms with Gasteiger partial charge in [0.1, 0.15) is 30.0 Å². The lowest BCUT2D eigenvalue weighted by molar-refractivity contribution is -0.364. The lowest BCUT2D eigenvalue weighted by Gasteiger charge is -2.48. The van der Waals surface area contributed by atoms with Crippen molar-refractivity contribution in [1.29, 1.82) is 0 Å². The van der Waals surface area contributed by atoms with Gasteiger partial charge in [0.25, 0.3) is 0 Å². The summed E-state index contributed by atoms with van der Waals surface area (Å²) in [7, 11) is 0. The average molecular weight is 319 g/mol. The summed E-state index contributed by atoms with van der Waals surface area (Å²) >= 11 is 0. The maximum atomic E-state index is 11.8. The number of rotatable bonds is 1. The van der Waals surface area contributed by atoms with Gasteiger partial charge in [0, 0.05) is 0 Å². The third-order valence-corrected chi connectivity index (χ3v) is 3.39. The van der Waals surface area contributed by atoms with Crippen LogP contribution in [0.3, 0.4) is 0 Å². The van der Waals surface area contributed by atoms with Crippen LogP contribution in [-0.4, -0.2) is 64.9 Å². The Morgan fingerprint density at radius 2 is 1.95 bits per heavy atom. The number of ether oxygens (including phenoxy) is 4. The molecule has 8 heteroatoms. The molecular formula is C14H25NO7. The molecule has 0 unspecified atom stereocenters. The highest BCUT2D eigenvalue weighted by molar-refractivity contribution is 5.68. The number of hydrogen-bond donors (Lipinski definition) is 3. The Labute approximate surface area is 129 Å². The average Bonchev–Trinajstić information content (AvgIpc) is 2.33. The van der Waals surface area contributed by atoms with Crippen molar-refractivity contribution in [2.45, 2.75) is 76.7 Å². The minimum Gasteiger partial charge on any atom is -0.444 e. The molecule has 0 radical (unpaired) electrons. The number of aliphatic hydroxyl groups is 2. The molecule has 0 aromatic heterocycles. The molecule has 2 aliphatic heterocycles. The molecule has 128 valence electrons. The first-order valence-corrected chi connectivity index (χ1v) is 7.31. The molecule has 0 aromatic carbocycles. The summed E-state index contributed by atoms with van der Waals surface area (Å²) in [4.78, 5) is 11.8. The Balaban J connectivity index is 2.04. The standard InChI is InChI=1S/C14H25NO7/c1-13(2,3)22-12(18)15-8-9(16)10-7(20-11(8)17)6-19-14(4,5)21-10/h7-11,16-17H,6H2,1-5H3,(H,15,18)/t7-,8-,9-,10-,11+/m1/s1. The SMILES string of the molecule is CC(C)(C)OC(=O)N[C@@H]1[C@@H](O)[C@@H]2OC(C)(C)OC[C@H]2O[C@@H]1O. The lowest BCUT2D eigenvalue weighted by atomic mass is 9.95. The largest absolute Gasteiger partial charge is 0.444 e. The molecule has 5 atom stereocenters. The molecule has 2 heterocycles. The molecule has 0 aromatic rings. The quantitative estimate of drug-likeness (QED) is 0.630. The summed E-state index contributed by atoms with van der Waals surface area (Å²) in [6.07, 6.45) is -4.59. The van der Waals surface area contributed by atoms with E-state index in [1.54, 1.807) is 34.6 Å². The molecule has 3 N–H and O–H groups in total. The van der Waals surface area contributed by atoms with Crippen LogP contribution in [0.4, 0.5) is 4.79 Å². The van der Waals surface area contributed by atoms with Gasteiger partial charge < -0.3 is 34.5 Å². The van der Waals surface area contributed by atoms with E-state index in [-0.39, 0.29) is 6.61 Å².